The lowest BCUT2D eigenvalue weighted by molar-refractivity contribution is -0.134. The van der Waals surface area contributed by atoms with Gasteiger partial charge in [0.1, 0.15) is 11.9 Å². The third kappa shape index (κ3) is 3.25. The van der Waals surface area contributed by atoms with Gasteiger partial charge in [0.2, 0.25) is 0 Å². The van der Waals surface area contributed by atoms with Crippen LogP contribution in [0.15, 0.2) is 60.9 Å². The molecule has 2 heterocycles. The summed E-state index contributed by atoms with van der Waals surface area (Å²) in [5.74, 6) is -0.209. The van der Waals surface area contributed by atoms with E-state index in [2.05, 4.69) is 5.43 Å². The van der Waals surface area contributed by atoms with Crippen molar-refractivity contribution in [1.29, 1.82) is 0 Å². The zero-order chi connectivity index (χ0) is 17.4. The molecule has 2 aromatic carbocycles. The maximum Gasteiger partial charge on any atom is 0.251 e. The first kappa shape index (κ1) is 16.1. The van der Waals surface area contributed by atoms with Crippen molar-refractivity contribution in [3.8, 4) is 0 Å². The molecule has 2 aliphatic rings. The number of hydrogen-bond donors (Lipinski definition) is 1. The standard InChI is InChI=1S/C19H17ClFN3O/c20-15-5-1-13(2-6-15)12-23-9-10-24-18(19(23)25)11-17(22-24)14-3-7-16(21)8-4-14/h1-10,17-18,22H,11-12H2. The van der Waals surface area contributed by atoms with Crippen molar-refractivity contribution in [2.75, 3.05) is 0 Å². The number of carbonyl (C=O) groups is 1. The number of nitrogens with zero attached hydrogens (tertiary/aromatic N) is 2. The van der Waals surface area contributed by atoms with E-state index < -0.39 is 0 Å². The van der Waals surface area contributed by atoms with E-state index >= 15 is 0 Å². The molecule has 2 aromatic rings. The van der Waals surface area contributed by atoms with E-state index in [1.807, 2.05) is 35.5 Å². The molecule has 1 amide bonds. The number of benzene rings is 2. The van der Waals surface area contributed by atoms with Crippen LogP contribution in [0.25, 0.3) is 0 Å². The summed E-state index contributed by atoms with van der Waals surface area (Å²) in [5.41, 5.74) is 5.31. The lowest BCUT2D eigenvalue weighted by atomic mass is 10.0. The van der Waals surface area contributed by atoms with Crippen LogP contribution < -0.4 is 5.43 Å². The highest BCUT2D eigenvalue weighted by molar-refractivity contribution is 6.30. The van der Waals surface area contributed by atoms with Gasteiger partial charge in [-0.2, -0.15) is 0 Å². The van der Waals surface area contributed by atoms with Crippen LogP contribution in [0.4, 0.5) is 4.39 Å². The summed E-state index contributed by atoms with van der Waals surface area (Å²) >= 11 is 5.91. The molecule has 0 aromatic heterocycles. The van der Waals surface area contributed by atoms with Crippen LogP contribution in [0.2, 0.25) is 5.02 Å². The molecule has 0 aliphatic carbocycles. The van der Waals surface area contributed by atoms with E-state index in [4.69, 9.17) is 11.6 Å². The highest BCUT2D eigenvalue weighted by atomic mass is 35.5. The van der Waals surface area contributed by atoms with E-state index in [-0.39, 0.29) is 23.8 Å². The van der Waals surface area contributed by atoms with Crippen LogP contribution in [0.5, 0.6) is 0 Å². The third-order valence-electron chi connectivity index (χ3n) is 4.61. The van der Waals surface area contributed by atoms with Crippen molar-refractivity contribution in [3.63, 3.8) is 0 Å². The molecular formula is C19H17ClFN3O. The van der Waals surface area contributed by atoms with Crippen molar-refractivity contribution >= 4 is 17.5 Å². The molecule has 0 radical (unpaired) electrons. The Labute approximate surface area is 150 Å². The van der Waals surface area contributed by atoms with Crippen LogP contribution in [0, 0.1) is 5.82 Å². The molecule has 2 unspecified atom stereocenters. The van der Waals surface area contributed by atoms with Crippen molar-refractivity contribution in [2.24, 2.45) is 0 Å². The Morgan fingerprint density at radius 2 is 1.80 bits per heavy atom. The maximum absolute atomic E-state index is 13.1. The molecule has 4 nitrogen and oxygen atoms in total. The largest absolute Gasteiger partial charge is 0.311 e. The van der Waals surface area contributed by atoms with Gasteiger partial charge in [0.25, 0.3) is 5.91 Å². The molecule has 1 saturated heterocycles. The van der Waals surface area contributed by atoms with E-state index in [0.717, 1.165) is 11.1 Å². The fraction of sp³-hybridized carbons (Fsp3) is 0.211. The summed E-state index contributed by atoms with van der Waals surface area (Å²) in [7, 11) is 0. The van der Waals surface area contributed by atoms with Crippen LogP contribution in [-0.4, -0.2) is 21.9 Å². The second kappa shape index (κ2) is 6.50. The first-order valence-corrected chi connectivity index (χ1v) is 8.51. The van der Waals surface area contributed by atoms with Gasteiger partial charge in [-0.05, 0) is 41.8 Å². The quantitative estimate of drug-likeness (QED) is 0.911. The lowest BCUT2D eigenvalue weighted by Crippen LogP contribution is -2.47. The van der Waals surface area contributed by atoms with Gasteiger partial charge in [-0.25, -0.2) is 9.82 Å². The average molecular weight is 358 g/mol. The monoisotopic (exact) mass is 357 g/mol. The molecule has 0 bridgehead atoms. The Morgan fingerprint density at radius 1 is 1.08 bits per heavy atom. The van der Waals surface area contributed by atoms with E-state index in [1.54, 1.807) is 23.2 Å². The summed E-state index contributed by atoms with van der Waals surface area (Å²) in [4.78, 5) is 14.5. The molecular weight excluding hydrogens is 341 g/mol. The predicted octanol–water partition coefficient (Wildman–Crippen LogP) is 3.61. The predicted molar refractivity (Wildman–Crippen MR) is 93.7 cm³/mol. The molecule has 2 aliphatic heterocycles. The van der Waals surface area contributed by atoms with Crippen LogP contribution in [0.3, 0.4) is 0 Å². The fourth-order valence-corrected chi connectivity index (χ4v) is 3.39. The minimum Gasteiger partial charge on any atom is -0.311 e. The molecule has 25 heavy (non-hydrogen) atoms. The number of nitrogens with one attached hydrogen (secondary N) is 1. The molecule has 1 N–H and O–H groups in total. The average Bonchev–Trinajstić information content (AvgIpc) is 3.05. The Bertz CT molecular complexity index is 806. The van der Waals surface area contributed by atoms with Gasteiger partial charge in [-0.15, -0.1) is 0 Å². The van der Waals surface area contributed by atoms with Gasteiger partial charge in [0.15, 0.2) is 0 Å². The lowest BCUT2D eigenvalue weighted by Gasteiger charge is -2.31. The topological polar surface area (TPSA) is 35.6 Å². The Kier molecular flexibility index (Phi) is 4.19. The minimum atomic E-state index is -0.260. The number of amides is 1. The van der Waals surface area contributed by atoms with Gasteiger partial charge in [-0.1, -0.05) is 35.9 Å². The third-order valence-corrected chi connectivity index (χ3v) is 4.87. The second-order valence-corrected chi connectivity index (χ2v) is 6.72. The highest BCUT2D eigenvalue weighted by Crippen LogP contribution is 2.31. The van der Waals surface area contributed by atoms with E-state index in [9.17, 15) is 9.18 Å². The fourth-order valence-electron chi connectivity index (χ4n) is 3.27. The highest BCUT2D eigenvalue weighted by Gasteiger charge is 2.39. The molecule has 6 heteroatoms. The molecule has 1 fully saturated rings. The second-order valence-electron chi connectivity index (χ2n) is 6.28. The van der Waals surface area contributed by atoms with E-state index in [1.165, 1.54) is 12.1 Å². The number of hydrazine groups is 1. The summed E-state index contributed by atoms with van der Waals surface area (Å²) in [6.45, 7) is 0.512. The summed E-state index contributed by atoms with van der Waals surface area (Å²) in [6, 6.07) is 13.6. The number of rotatable bonds is 3. The Balaban J connectivity index is 1.47. The number of halogens is 2. The molecule has 128 valence electrons. The number of carbonyl (C=O) groups excluding carboxylic acids is 1. The minimum absolute atomic E-state index is 0.00492. The summed E-state index contributed by atoms with van der Waals surface area (Å²) < 4.78 is 13.1. The van der Waals surface area contributed by atoms with Gasteiger partial charge < -0.3 is 9.91 Å². The Hall–Kier alpha value is -2.37. The SMILES string of the molecule is O=C1C2CC(c3ccc(F)cc3)NN2C=CN1Cc1ccc(Cl)cc1. The van der Waals surface area contributed by atoms with Crippen molar-refractivity contribution in [1.82, 2.24) is 15.3 Å². The first-order valence-electron chi connectivity index (χ1n) is 8.13. The van der Waals surface area contributed by atoms with E-state index in [0.29, 0.717) is 18.0 Å². The van der Waals surface area contributed by atoms with Crippen LogP contribution in [0.1, 0.15) is 23.6 Å². The zero-order valence-electron chi connectivity index (χ0n) is 13.4. The number of fused-ring (bicyclic) bond motifs is 1. The summed E-state index contributed by atoms with van der Waals surface area (Å²) in [6.07, 6.45) is 4.31. The van der Waals surface area contributed by atoms with Gasteiger partial charge >= 0.3 is 0 Å². The number of hydrogen-bond acceptors (Lipinski definition) is 3. The normalized spacial score (nSPS) is 22.4. The Morgan fingerprint density at radius 3 is 2.52 bits per heavy atom. The van der Waals surface area contributed by atoms with Gasteiger partial charge in [-0.3, -0.25) is 4.79 Å². The van der Waals surface area contributed by atoms with Crippen molar-refractivity contribution < 1.29 is 9.18 Å². The van der Waals surface area contributed by atoms with Crippen molar-refractivity contribution in [3.05, 3.63) is 82.9 Å². The van der Waals surface area contributed by atoms with Crippen LogP contribution >= 0.6 is 11.6 Å². The zero-order valence-corrected chi connectivity index (χ0v) is 14.2. The molecule has 4 rings (SSSR count). The smallest absolute Gasteiger partial charge is 0.251 e. The van der Waals surface area contributed by atoms with Crippen LogP contribution in [-0.2, 0) is 11.3 Å². The summed E-state index contributed by atoms with van der Waals surface area (Å²) in [5, 5.41) is 2.52. The molecule has 0 spiro atoms. The van der Waals surface area contributed by atoms with Crippen molar-refractivity contribution in [2.45, 2.75) is 25.0 Å². The molecule has 0 saturated carbocycles. The molecule has 2 atom stereocenters. The maximum atomic E-state index is 13.1. The van der Waals surface area contributed by atoms with Gasteiger partial charge in [0, 0.05) is 17.4 Å². The van der Waals surface area contributed by atoms with Gasteiger partial charge in [0.05, 0.1) is 12.6 Å². The first-order chi connectivity index (χ1) is 12.1.